The molecule has 1 amide bonds. The molecule has 0 fully saturated rings. The number of carboxylic acids is 2. The molecule has 0 aliphatic rings. The van der Waals surface area contributed by atoms with Crippen LogP contribution in [0.15, 0.2) is 22.8 Å². The fourth-order valence-corrected chi connectivity index (χ4v) is 1.65. The third-order valence-corrected chi connectivity index (χ3v) is 2.43. The summed E-state index contributed by atoms with van der Waals surface area (Å²) in [5, 5.41) is 19.9. The molecule has 0 bridgehead atoms. The van der Waals surface area contributed by atoms with E-state index in [9.17, 15) is 14.4 Å². The lowest BCUT2D eigenvalue weighted by Gasteiger charge is -2.19. The summed E-state index contributed by atoms with van der Waals surface area (Å²) < 4.78 is 5.11. The Balaban J connectivity index is 2.52. The van der Waals surface area contributed by atoms with Gasteiger partial charge in [0.1, 0.15) is 5.76 Å². The molecule has 110 valence electrons. The van der Waals surface area contributed by atoms with Crippen molar-refractivity contribution in [2.45, 2.75) is 13.0 Å². The number of furan rings is 1. The largest absolute Gasteiger partial charge is 0.480 e. The molecule has 0 saturated carbocycles. The molecule has 0 aliphatic carbocycles. The van der Waals surface area contributed by atoms with Gasteiger partial charge in [-0.2, -0.15) is 0 Å². The van der Waals surface area contributed by atoms with Crippen LogP contribution in [0.2, 0.25) is 0 Å². The number of aliphatic carboxylic acids is 2. The average Bonchev–Trinajstić information content (AvgIpc) is 2.79. The van der Waals surface area contributed by atoms with E-state index < -0.39 is 30.9 Å². The minimum Gasteiger partial charge on any atom is -0.480 e. The van der Waals surface area contributed by atoms with Crippen molar-refractivity contribution < 1.29 is 29.0 Å². The van der Waals surface area contributed by atoms with E-state index in [1.54, 1.807) is 19.1 Å². The van der Waals surface area contributed by atoms with Gasteiger partial charge in [-0.05, 0) is 19.1 Å². The Labute approximate surface area is 115 Å². The summed E-state index contributed by atoms with van der Waals surface area (Å²) in [6.45, 7) is 0.350. The second kappa shape index (κ2) is 7.29. The Hall–Kier alpha value is -2.35. The van der Waals surface area contributed by atoms with E-state index in [1.165, 1.54) is 6.26 Å². The molecule has 0 saturated heterocycles. The highest BCUT2D eigenvalue weighted by molar-refractivity contribution is 5.80. The number of carbonyl (C=O) groups excluding carboxylic acids is 1. The fourth-order valence-electron chi connectivity index (χ4n) is 1.65. The van der Waals surface area contributed by atoms with E-state index >= 15 is 0 Å². The lowest BCUT2D eigenvalue weighted by molar-refractivity contribution is -0.142. The summed E-state index contributed by atoms with van der Waals surface area (Å²) in [5.74, 6) is -2.31. The maximum atomic E-state index is 11.7. The average molecular weight is 284 g/mol. The summed E-state index contributed by atoms with van der Waals surface area (Å²) >= 11 is 0. The maximum absolute atomic E-state index is 11.7. The molecule has 0 radical (unpaired) electrons. The van der Waals surface area contributed by atoms with Gasteiger partial charge in [0.15, 0.2) is 0 Å². The summed E-state index contributed by atoms with van der Waals surface area (Å²) in [5.41, 5.74) is 0. The standard InChI is InChI=1S/C12H16N2O6/c1-8(9-3-2-4-20-9)13-10(15)5-14(6-11(16)17)7-12(18)19/h2-4,8H,5-7H2,1H3,(H,13,15)(H,16,17)(H,18,19). The van der Waals surface area contributed by atoms with Crippen LogP contribution in [-0.4, -0.2) is 52.6 Å². The monoisotopic (exact) mass is 284 g/mol. The Bertz CT molecular complexity index is 454. The van der Waals surface area contributed by atoms with Crippen LogP contribution in [0.5, 0.6) is 0 Å². The van der Waals surface area contributed by atoms with Crippen molar-refractivity contribution in [1.29, 1.82) is 0 Å². The Kier molecular flexibility index (Phi) is 5.73. The normalized spacial score (nSPS) is 12.1. The molecule has 8 heteroatoms. The summed E-state index contributed by atoms with van der Waals surface area (Å²) in [4.78, 5) is 34.0. The second-order valence-electron chi connectivity index (χ2n) is 4.24. The molecule has 1 unspecified atom stereocenters. The third kappa shape index (κ3) is 5.53. The highest BCUT2D eigenvalue weighted by Gasteiger charge is 2.19. The van der Waals surface area contributed by atoms with Gasteiger partial charge in [0.25, 0.3) is 0 Å². The number of hydrogen-bond donors (Lipinski definition) is 3. The minimum absolute atomic E-state index is 0.316. The van der Waals surface area contributed by atoms with Crippen molar-refractivity contribution in [2.24, 2.45) is 0 Å². The highest BCUT2D eigenvalue weighted by Crippen LogP contribution is 2.11. The van der Waals surface area contributed by atoms with Gasteiger partial charge in [0.05, 0.1) is 31.9 Å². The zero-order valence-corrected chi connectivity index (χ0v) is 10.9. The predicted molar refractivity (Wildman–Crippen MR) is 67.0 cm³/mol. The van der Waals surface area contributed by atoms with Crippen LogP contribution in [-0.2, 0) is 14.4 Å². The van der Waals surface area contributed by atoms with Crippen LogP contribution >= 0.6 is 0 Å². The van der Waals surface area contributed by atoms with E-state index in [-0.39, 0.29) is 12.6 Å². The molecule has 1 rings (SSSR count). The van der Waals surface area contributed by atoms with Crippen molar-refractivity contribution in [3.05, 3.63) is 24.2 Å². The molecular formula is C12H16N2O6. The van der Waals surface area contributed by atoms with Gasteiger partial charge >= 0.3 is 11.9 Å². The van der Waals surface area contributed by atoms with E-state index in [1.807, 2.05) is 0 Å². The van der Waals surface area contributed by atoms with E-state index in [0.29, 0.717) is 5.76 Å². The zero-order chi connectivity index (χ0) is 15.1. The van der Waals surface area contributed by atoms with Crippen molar-refractivity contribution in [2.75, 3.05) is 19.6 Å². The highest BCUT2D eigenvalue weighted by atomic mass is 16.4. The molecule has 1 aromatic rings. The molecule has 20 heavy (non-hydrogen) atoms. The van der Waals surface area contributed by atoms with Crippen LogP contribution in [0.25, 0.3) is 0 Å². The molecule has 1 heterocycles. The molecule has 8 nitrogen and oxygen atoms in total. The minimum atomic E-state index is -1.20. The van der Waals surface area contributed by atoms with Crippen molar-refractivity contribution in [1.82, 2.24) is 10.2 Å². The zero-order valence-electron chi connectivity index (χ0n) is 10.9. The first-order valence-corrected chi connectivity index (χ1v) is 5.87. The first kappa shape index (κ1) is 15.7. The number of carboxylic acid groups (broad SMARTS) is 2. The van der Waals surface area contributed by atoms with Gasteiger partial charge < -0.3 is 19.9 Å². The predicted octanol–water partition coefficient (Wildman–Crippen LogP) is -0.0720. The van der Waals surface area contributed by atoms with Gasteiger partial charge in [-0.25, -0.2) is 0 Å². The lowest BCUT2D eigenvalue weighted by Crippen LogP contribution is -2.42. The molecule has 3 N–H and O–H groups in total. The molecule has 0 spiro atoms. The SMILES string of the molecule is CC(NC(=O)CN(CC(=O)O)CC(=O)O)c1ccco1. The van der Waals surface area contributed by atoms with E-state index in [2.05, 4.69) is 5.32 Å². The van der Waals surface area contributed by atoms with Crippen LogP contribution in [0, 0.1) is 0 Å². The first-order valence-electron chi connectivity index (χ1n) is 5.87. The number of amides is 1. The molecule has 1 aromatic heterocycles. The van der Waals surface area contributed by atoms with Gasteiger partial charge in [0.2, 0.25) is 5.91 Å². The number of hydrogen-bond acceptors (Lipinski definition) is 5. The van der Waals surface area contributed by atoms with Gasteiger partial charge in [0, 0.05) is 0 Å². The lowest BCUT2D eigenvalue weighted by atomic mass is 10.2. The Morgan fingerprint density at radius 1 is 1.25 bits per heavy atom. The molecule has 0 aliphatic heterocycles. The number of nitrogens with one attached hydrogen (secondary N) is 1. The van der Waals surface area contributed by atoms with Crippen LogP contribution in [0.4, 0.5) is 0 Å². The maximum Gasteiger partial charge on any atom is 0.317 e. The number of rotatable bonds is 8. The molecule has 1 atom stereocenters. The molecule has 0 aromatic carbocycles. The van der Waals surface area contributed by atoms with Crippen LogP contribution in [0.1, 0.15) is 18.7 Å². The second-order valence-corrected chi connectivity index (χ2v) is 4.24. The summed E-state index contributed by atoms with van der Waals surface area (Å²) in [6.07, 6.45) is 1.47. The Morgan fingerprint density at radius 2 is 1.85 bits per heavy atom. The number of carbonyl (C=O) groups is 3. The van der Waals surface area contributed by atoms with Gasteiger partial charge in [-0.3, -0.25) is 19.3 Å². The van der Waals surface area contributed by atoms with E-state index in [4.69, 9.17) is 14.6 Å². The van der Waals surface area contributed by atoms with Crippen molar-refractivity contribution >= 4 is 17.8 Å². The number of nitrogens with zero attached hydrogens (tertiary/aromatic N) is 1. The Morgan fingerprint density at radius 3 is 2.30 bits per heavy atom. The van der Waals surface area contributed by atoms with Gasteiger partial charge in [-0.15, -0.1) is 0 Å². The van der Waals surface area contributed by atoms with Crippen LogP contribution < -0.4 is 5.32 Å². The summed E-state index contributed by atoms with van der Waals surface area (Å²) in [7, 11) is 0. The first-order chi connectivity index (χ1) is 9.38. The third-order valence-electron chi connectivity index (χ3n) is 2.43. The van der Waals surface area contributed by atoms with Crippen LogP contribution in [0.3, 0.4) is 0 Å². The fraction of sp³-hybridized carbons (Fsp3) is 0.417. The van der Waals surface area contributed by atoms with Crippen molar-refractivity contribution in [3.63, 3.8) is 0 Å². The quantitative estimate of drug-likeness (QED) is 0.611. The van der Waals surface area contributed by atoms with Crippen molar-refractivity contribution in [3.8, 4) is 0 Å². The smallest absolute Gasteiger partial charge is 0.317 e. The van der Waals surface area contributed by atoms with Gasteiger partial charge in [-0.1, -0.05) is 0 Å². The van der Waals surface area contributed by atoms with E-state index in [0.717, 1.165) is 4.90 Å². The molecular weight excluding hydrogens is 268 g/mol. The topological polar surface area (TPSA) is 120 Å². The summed E-state index contributed by atoms with van der Waals surface area (Å²) in [6, 6.07) is 2.99.